The summed E-state index contributed by atoms with van der Waals surface area (Å²) in [5.74, 6) is -0.00199. The molecule has 4 aromatic rings. The number of aromatic nitrogens is 2. The van der Waals surface area contributed by atoms with Crippen LogP contribution < -0.4 is 0 Å². The van der Waals surface area contributed by atoms with Crippen molar-refractivity contribution >= 4 is 33.6 Å². The molecule has 0 unspecified atom stereocenters. The van der Waals surface area contributed by atoms with Gasteiger partial charge < -0.3 is 19.8 Å². The van der Waals surface area contributed by atoms with E-state index >= 15 is 0 Å². The van der Waals surface area contributed by atoms with Crippen molar-refractivity contribution in [2.24, 2.45) is 0 Å². The number of aromatic amines is 2. The number of carbonyl (C=O) groups excluding carboxylic acids is 2. The molecule has 28 heavy (non-hydrogen) atoms. The maximum atomic E-state index is 12.8. The molecule has 0 saturated carbocycles. The molecule has 0 atom stereocenters. The van der Waals surface area contributed by atoms with Crippen LogP contribution in [0.25, 0.3) is 21.8 Å². The Morgan fingerprint density at radius 1 is 0.750 bits per heavy atom. The monoisotopic (exact) mass is 372 g/mol. The summed E-state index contributed by atoms with van der Waals surface area (Å²) in [4.78, 5) is 35.6. The minimum atomic E-state index is -0.0166. The summed E-state index contributed by atoms with van der Waals surface area (Å²) in [6.45, 7) is 2.14. The van der Waals surface area contributed by atoms with Crippen molar-refractivity contribution in [3.8, 4) is 0 Å². The van der Waals surface area contributed by atoms with Crippen LogP contribution in [-0.4, -0.2) is 57.8 Å². The van der Waals surface area contributed by atoms with Gasteiger partial charge >= 0.3 is 0 Å². The number of hydrogen-bond donors (Lipinski definition) is 2. The Hall–Kier alpha value is -3.54. The van der Waals surface area contributed by atoms with Crippen molar-refractivity contribution in [2.75, 3.05) is 26.2 Å². The topological polar surface area (TPSA) is 72.2 Å². The van der Waals surface area contributed by atoms with E-state index in [0.717, 1.165) is 21.8 Å². The van der Waals surface area contributed by atoms with Crippen molar-refractivity contribution in [1.82, 2.24) is 19.8 Å². The lowest BCUT2D eigenvalue weighted by Gasteiger charge is -2.34. The molecular weight excluding hydrogens is 352 g/mol. The van der Waals surface area contributed by atoms with E-state index in [1.165, 1.54) is 0 Å². The van der Waals surface area contributed by atoms with Gasteiger partial charge in [-0.1, -0.05) is 18.2 Å². The summed E-state index contributed by atoms with van der Waals surface area (Å²) in [7, 11) is 0. The third-order valence-electron chi connectivity index (χ3n) is 5.41. The molecule has 6 nitrogen and oxygen atoms in total. The fourth-order valence-electron chi connectivity index (χ4n) is 3.84. The van der Waals surface area contributed by atoms with Gasteiger partial charge in [0.05, 0.1) is 0 Å². The van der Waals surface area contributed by atoms with E-state index in [1.54, 1.807) is 0 Å². The second kappa shape index (κ2) is 6.56. The van der Waals surface area contributed by atoms with E-state index in [9.17, 15) is 9.59 Å². The summed E-state index contributed by atoms with van der Waals surface area (Å²) in [5.41, 5.74) is 3.26. The van der Waals surface area contributed by atoms with Crippen LogP contribution in [0.4, 0.5) is 0 Å². The molecule has 5 rings (SSSR count). The smallest absolute Gasteiger partial charge is 0.270 e. The lowest BCUT2D eigenvalue weighted by molar-refractivity contribution is 0.0533. The number of fused-ring (bicyclic) bond motifs is 2. The standard InChI is InChI=1S/C22H20N4O2/c27-21(17-5-6-18-16(13-17)7-8-23-18)25-9-11-26(12-10-25)22(28)20-14-15-3-1-2-4-19(15)24-20/h1-8,13-14,23-24H,9-12H2. The molecule has 0 spiro atoms. The van der Waals surface area contributed by atoms with Gasteiger partial charge in [0.25, 0.3) is 11.8 Å². The number of benzene rings is 2. The van der Waals surface area contributed by atoms with Gasteiger partial charge in [-0.15, -0.1) is 0 Å². The second-order valence-electron chi connectivity index (χ2n) is 7.13. The molecule has 0 bridgehead atoms. The number of nitrogens with one attached hydrogen (secondary N) is 2. The normalized spacial score (nSPS) is 14.7. The van der Waals surface area contributed by atoms with Gasteiger partial charge in [-0.25, -0.2) is 0 Å². The number of piperazine rings is 1. The highest BCUT2D eigenvalue weighted by molar-refractivity contribution is 5.99. The molecule has 2 amide bonds. The summed E-state index contributed by atoms with van der Waals surface area (Å²) in [5, 5.41) is 2.05. The highest BCUT2D eigenvalue weighted by Gasteiger charge is 2.26. The Bertz CT molecular complexity index is 1130. The first-order valence-corrected chi connectivity index (χ1v) is 9.42. The molecule has 140 valence electrons. The minimum Gasteiger partial charge on any atom is -0.361 e. The number of amides is 2. The van der Waals surface area contributed by atoms with E-state index in [0.29, 0.717) is 37.4 Å². The molecule has 1 aliphatic heterocycles. The van der Waals surface area contributed by atoms with E-state index in [-0.39, 0.29) is 11.8 Å². The first-order valence-electron chi connectivity index (χ1n) is 9.42. The van der Waals surface area contributed by atoms with Gasteiger partial charge in [0.2, 0.25) is 0 Å². The molecule has 1 saturated heterocycles. The summed E-state index contributed by atoms with van der Waals surface area (Å²) in [6.07, 6.45) is 1.87. The van der Waals surface area contributed by atoms with E-state index in [2.05, 4.69) is 9.97 Å². The van der Waals surface area contributed by atoms with Crippen LogP contribution in [0.15, 0.2) is 60.8 Å². The van der Waals surface area contributed by atoms with Crippen LogP contribution in [0.5, 0.6) is 0 Å². The predicted octanol–water partition coefficient (Wildman–Crippen LogP) is 3.25. The molecule has 2 aromatic carbocycles. The fraction of sp³-hybridized carbons (Fsp3) is 0.182. The van der Waals surface area contributed by atoms with Crippen molar-refractivity contribution in [1.29, 1.82) is 0 Å². The molecule has 2 aromatic heterocycles. The van der Waals surface area contributed by atoms with Crippen molar-refractivity contribution in [3.05, 3.63) is 72.1 Å². The molecule has 0 aliphatic carbocycles. The number of para-hydroxylation sites is 1. The van der Waals surface area contributed by atoms with Gasteiger partial charge in [-0.2, -0.15) is 0 Å². The molecule has 3 heterocycles. The molecular formula is C22H20N4O2. The molecule has 1 fully saturated rings. The van der Waals surface area contributed by atoms with Crippen molar-refractivity contribution < 1.29 is 9.59 Å². The highest BCUT2D eigenvalue weighted by atomic mass is 16.2. The Labute approximate surface area is 161 Å². The number of rotatable bonds is 2. The summed E-state index contributed by atoms with van der Waals surface area (Å²) < 4.78 is 0. The maximum absolute atomic E-state index is 12.8. The Kier molecular flexibility index (Phi) is 3.90. The zero-order valence-electron chi connectivity index (χ0n) is 15.3. The number of nitrogens with zero attached hydrogens (tertiary/aromatic N) is 2. The summed E-state index contributed by atoms with van der Waals surface area (Å²) in [6, 6.07) is 17.4. The van der Waals surface area contributed by atoms with Gasteiger partial charge in [0, 0.05) is 59.7 Å². The van der Waals surface area contributed by atoms with Crippen LogP contribution in [-0.2, 0) is 0 Å². The van der Waals surface area contributed by atoms with Crippen LogP contribution in [0.3, 0.4) is 0 Å². The van der Waals surface area contributed by atoms with Gasteiger partial charge in [-0.05, 0) is 36.4 Å². The fourth-order valence-corrected chi connectivity index (χ4v) is 3.84. The first kappa shape index (κ1) is 16.6. The largest absolute Gasteiger partial charge is 0.361 e. The summed E-state index contributed by atoms with van der Waals surface area (Å²) >= 11 is 0. The zero-order valence-corrected chi connectivity index (χ0v) is 15.3. The third kappa shape index (κ3) is 2.83. The third-order valence-corrected chi connectivity index (χ3v) is 5.41. The zero-order chi connectivity index (χ0) is 19.1. The Balaban J connectivity index is 1.27. The van der Waals surface area contributed by atoms with Crippen LogP contribution in [0, 0.1) is 0 Å². The van der Waals surface area contributed by atoms with E-state index < -0.39 is 0 Å². The van der Waals surface area contributed by atoms with Gasteiger partial charge in [-0.3, -0.25) is 9.59 Å². The average Bonchev–Trinajstić information content (AvgIpc) is 3.39. The Morgan fingerprint density at radius 2 is 1.46 bits per heavy atom. The predicted molar refractivity (Wildman–Crippen MR) is 108 cm³/mol. The minimum absolute atomic E-state index is 0.0146. The van der Waals surface area contributed by atoms with Gasteiger partial charge in [0.1, 0.15) is 5.69 Å². The van der Waals surface area contributed by atoms with E-state index in [1.807, 2.05) is 70.6 Å². The highest BCUT2D eigenvalue weighted by Crippen LogP contribution is 2.19. The molecule has 2 N–H and O–H groups in total. The van der Waals surface area contributed by atoms with Crippen molar-refractivity contribution in [3.63, 3.8) is 0 Å². The quantitative estimate of drug-likeness (QED) is 0.567. The average molecular weight is 372 g/mol. The van der Waals surface area contributed by atoms with Gasteiger partial charge in [0.15, 0.2) is 0 Å². The first-order chi connectivity index (χ1) is 13.7. The number of H-pyrrole nitrogens is 2. The molecule has 1 aliphatic rings. The molecule has 6 heteroatoms. The lowest BCUT2D eigenvalue weighted by Crippen LogP contribution is -2.50. The number of hydrogen-bond acceptors (Lipinski definition) is 2. The lowest BCUT2D eigenvalue weighted by atomic mass is 10.1. The number of carbonyl (C=O) groups is 2. The Morgan fingerprint density at radius 3 is 2.25 bits per heavy atom. The maximum Gasteiger partial charge on any atom is 0.270 e. The van der Waals surface area contributed by atoms with Crippen LogP contribution >= 0.6 is 0 Å². The van der Waals surface area contributed by atoms with Crippen LogP contribution in [0.2, 0.25) is 0 Å². The van der Waals surface area contributed by atoms with E-state index in [4.69, 9.17) is 0 Å². The second-order valence-corrected chi connectivity index (χ2v) is 7.13. The van der Waals surface area contributed by atoms with Crippen molar-refractivity contribution in [2.45, 2.75) is 0 Å². The van der Waals surface area contributed by atoms with Crippen LogP contribution in [0.1, 0.15) is 20.8 Å². The SMILES string of the molecule is O=C(c1ccc2[nH]ccc2c1)N1CCN(C(=O)c2cc3ccccc3[nH]2)CC1. The molecule has 0 radical (unpaired) electrons.